The molecule has 1 saturated heterocycles. The molecule has 4 aromatic rings. The van der Waals surface area contributed by atoms with Gasteiger partial charge in [-0.25, -0.2) is 19.3 Å². The summed E-state index contributed by atoms with van der Waals surface area (Å²) in [4.78, 5) is 34.8. The summed E-state index contributed by atoms with van der Waals surface area (Å²) in [6.45, 7) is 3.98. The van der Waals surface area contributed by atoms with Gasteiger partial charge >= 0.3 is 11.8 Å². The van der Waals surface area contributed by atoms with E-state index in [1.54, 1.807) is 36.2 Å². The highest BCUT2D eigenvalue weighted by molar-refractivity contribution is 5.91. The molecule has 0 radical (unpaired) electrons. The number of fused-ring (bicyclic) bond motifs is 1. The molecule has 0 spiro atoms. The molecule has 1 aliphatic heterocycles. The van der Waals surface area contributed by atoms with Crippen LogP contribution in [0.3, 0.4) is 0 Å². The Bertz CT molecular complexity index is 1440. The average Bonchev–Trinajstić information content (AvgIpc) is 3.54. The van der Waals surface area contributed by atoms with Crippen LogP contribution >= 0.6 is 0 Å². The van der Waals surface area contributed by atoms with E-state index >= 15 is 0 Å². The van der Waals surface area contributed by atoms with Crippen LogP contribution in [0, 0.1) is 6.92 Å². The van der Waals surface area contributed by atoms with Crippen molar-refractivity contribution in [1.29, 1.82) is 0 Å². The third-order valence-corrected chi connectivity index (χ3v) is 6.01. The molecular formula is C24H27N7O5. The summed E-state index contributed by atoms with van der Waals surface area (Å²) in [6, 6.07) is 10.7. The number of amides is 2. The van der Waals surface area contributed by atoms with E-state index in [1.165, 1.54) is 4.57 Å². The van der Waals surface area contributed by atoms with Crippen LogP contribution in [0.4, 0.5) is 10.6 Å². The summed E-state index contributed by atoms with van der Waals surface area (Å²) >= 11 is 0. The molecule has 1 aromatic carbocycles. The lowest BCUT2D eigenvalue weighted by atomic mass is 10.1. The smallest absolute Gasteiger partial charge is 0.406 e. The van der Waals surface area contributed by atoms with Crippen molar-refractivity contribution in [1.82, 2.24) is 29.7 Å². The molecule has 1 fully saturated rings. The normalized spacial score (nSPS) is 16.0. The van der Waals surface area contributed by atoms with E-state index in [4.69, 9.17) is 19.1 Å². The Hall–Kier alpha value is -4.00. The van der Waals surface area contributed by atoms with Crippen LogP contribution in [0.1, 0.15) is 5.56 Å². The number of hydrogen-bond donors (Lipinski definition) is 2. The maximum absolute atomic E-state index is 13.0. The molecule has 188 valence electrons. The molecule has 0 bridgehead atoms. The van der Waals surface area contributed by atoms with Crippen molar-refractivity contribution >= 4 is 23.1 Å². The lowest BCUT2D eigenvalue weighted by Gasteiger charge is -2.15. The van der Waals surface area contributed by atoms with Crippen LogP contribution in [-0.4, -0.2) is 69.9 Å². The van der Waals surface area contributed by atoms with Crippen LogP contribution in [0.5, 0.6) is 0 Å². The number of carbonyl (C=O) groups is 1. The third-order valence-electron chi connectivity index (χ3n) is 6.01. The zero-order valence-corrected chi connectivity index (χ0v) is 20.2. The standard InChI is InChI=1S/C24H27N7O5/c1-15-20(16-11-19-22(25-12-16)29(2)24(33)36-19)28-31(18-7-5-4-6-8-18)21(15)27-23(32)26-17-13-30(35-14-17)9-10-34-3/h4-8,11-12,17H,9-10,13-14H2,1-3H3,(H2,26,27,32)/t17-/m1/s1. The van der Waals surface area contributed by atoms with Gasteiger partial charge in [-0.3, -0.25) is 14.7 Å². The monoisotopic (exact) mass is 493 g/mol. The Balaban J connectivity index is 1.44. The summed E-state index contributed by atoms with van der Waals surface area (Å²) in [5.41, 5.74) is 3.57. The Morgan fingerprint density at radius 1 is 1.28 bits per heavy atom. The summed E-state index contributed by atoms with van der Waals surface area (Å²) in [5, 5.41) is 12.5. The fourth-order valence-corrected chi connectivity index (χ4v) is 4.13. The van der Waals surface area contributed by atoms with Gasteiger partial charge in [-0.15, -0.1) is 0 Å². The highest BCUT2D eigenvalue weighted by Crippen LogP contribution is 2.31. The minimum atomic E-state index is -0.489. The van der Waals surface area contributed by atoms with Gasteiger partial charge < -0.3 is 14.5 Å². The first-order valence-electron chi connectivity index (χ1n) is 11.5. The summed E-state index contributed by atoms with van der Waals surface area (Å²) in [7, 11) is 3.23. The Morgan fingerprint density at radius 2 is 2.08 bits per heavy atom. The first-order valence-corrected chi connectivity index (χ1v) is 11.5. The van der Waals surface area contributed by atoms with Gasteiger partial charge in [0.25, 0.3) is 0 Å². The third kappa shape index (κ3) is 4.61. The fourth-order valence-electron chi connectivity index (χ4n) is 4.13. The molecule has 5 rings (SSSR count). The number of hydrogen-bond acceptors (Lipinski definition) is 8. The van der Waals surface area contributed by atoms with E-state index in [2.05, 4.69) is 15.6 Å². The van der Waals surface area contributed by atoms with E-state index in [9.17, 15) is 9.59 Å². The number of ether oxygens (including phenoxy) is 1. The van der Waals surface area contributed by atoms with Crippen LogP contribution in [0.2, 0.25) is 0 Å². The number of hydroxylamine groups is 2. The number of carbonyl (C=O) groups excluding carboxylic acids is 1. The predicted molar refractivity (Wildman–Crippen MR) is 132 cm³/mol. The number of methoxy groups -OCH3 is 1. The van der Waals surface area contributed by atoms with Gasteiger partial charge in [-0.05, 0) is 25.1 Å². The number of aryl methyl sites for hydroxylation is 1. The van der Waals surface area contributed by atoms with Crippen LogP contribution in [0.25, 0.3) is 28.2 Å². The number of pyridine rings is 1. The zero-order valence-electron chi connectivity index (χ0n) is 20.2. The molecule has 1 aliphatic rings. The number of nitrogens with zero attached hydrogens (tertiary/aromatic N) is 5. The molecule has 36 heavy (non-hydrogen) atoms. The quantitative estimate of drug-likeness (QED) is 0.400. The molecular weight excluding hydrogens is 466 g/mol. The summed E-state index contributed by atoms with van der Waals surface area (Å²) in [6.07, 6.45) is 1.64. The number of para-hydroxylation sites is 1. The minimum Gasteiger partial charge on any atom is -0.406 e. The van der Waals surface area contributed by atoms with Gasteiger partial charge in [-0.1, -0.05) is 18.2 Å². The molecule has 0 unspecified atom stereocenters. The van der Waals surface area contributed by atoms with Crippen LogP contribution in [-0.2, 0) is 16.6 Å². The van der Waals surface area contributed by atoms with E-state index in [0.29, 0.717) is 54.6 Å². The van der Waals surface area contributed by atoms with Crippen molar-refractivity contribution in [2.75, 3.05) is 38.7 Å². The molecule has 4 heterocycles. The SMILES string of the molecule is COCCN1C[C@@H](NC(=O)Nc2c(C)c(-c3cnc4c(c3)oc(=O)n4C)nn2-c2ccccc2)CO1. The van der Waals surface area contributed by atoms with Gasteiger partial charge in [0.15, 0.2) is 11.2 Å². The number of nitrogens with one attached hydrogen (secondary N) is 2. The van der Waals surface area contributed by atoms with Crippen molar-refractivity contribution in [2.45, 2.75) is 13.0 Å². The van der Waals surface area contributed by atoms with Crippen LogP contribution in [0.15, 0.2) is 51.8 Å². The Morgan fingerprint density at radius 3 is 2.86 bits per heavy atom. The van der Waals surface area contributed by atoms with Crippen molar-refractivity contribution in [2.24, 2.45) is 7.05 Å². The van der Waals surface area contributed by atoms with Crippen molar-refractivity contribution in [3.05, 3.63) is 58.7 Å². The number of oxazole rings is 1. The van der Waals surface area contributed by atoms with E-state index in [0.717, 1.165) is 11.3 Å². The van der Waals surface area contributed by atoms with Gasteiger partial charge in [0.1, 0.15) is 5.82 Å². The molecule has 12 nitrogen and oxygen atoms in total. The topological polar surface area (TPSA) is 129 Å². The first-order chi connectivity index (χ1) is 17.4. The maximum atomic E-state index is 13.0. The highest BCUT2D eigenvalue weighted by Gasteiger charge is 2.26. The molecule has 1 atom stereocenters. The molecule has 0 saturated carbocycles. The Kier molecular flexibility index (Phi) is 6.55. The highest BCUT2D eigenvalue weighted by atomic mass is 16.7. The predicted octanol–water partition coefficient (Wildman–Crippen LogP) is 2.07. The second-order valence-corrected chi connectivity index (χ2v) is 8.51. The number of urea groups is 1. The largest absolute Gasteiger partial charge is 0.420 e. The van der Waals surface area contributed by atoms with Gasteiger partial charge in [0.05, 0.1) is 30.6 Å². The van der Waals surface area contributed by atoms with Gasteiger partial charge in [-0.2, -0.15) is 10.2 Å². The summed E-state index contributed by atoms with van der Waals surface area (Å²) < 4.78 is 13.4. The van der Waals surface area contributed by atoms with Crippen LogP contribution < -0.4 is 16.4 Å². The molecule has 12 heteroatoms. The minimum absolute atomic E-state index is 0.165. The lowest BCUT2D eigenvalue weighted by molar-refractivity contribution is -0.118. The number of aromatic nitrogens is 4. The zero-order chi connectivity index (χ0) is 25.2. The maximum Gasteiger partial charge on any atom is 0.420 e. The lowest BCUT2D eigenvalue weighted by Crippen LogP contribution is -2.41. The fraction of sp³-hybridized carbons (Fsp3) is 0.333. The second-order valence-electron chi connectivity index (χ2n) is 8.51. The van der Waals surface area contributed by atoms with Crippen molar-refractivity contribution in [3.63, 3.8) is 0 Å². The first kappa shape index (κ1) is 23.7. The van der Waals surface area contributed by atoms with Gasteiger partial charge in [0, 0.05) is 44.6 Å². The van der Waals surface area contributed by atoms with E-state index in [1.807, 2.05) is 37.3 Å². The molecule has 0 aliphatic carbocycles. The number of anilines is 1. The molecule has 2 N–H and O–H groups in total. The van der Waals surface area contributed by atoms with E-state index in [-0.39, 0.29) is 12.1 Å². The second kappa shape index (κ2) is 9.93. The molecule has 2 amide bonds. The van der Waals surface area contributed by atoms with Gasteiger partial charge in [0.2, 0.25) is 0 Å². The number of rotatable bonds is 7. The average molecular weight is 494 g/mol. The Labute approximate surface area is 206 Å². The van der Waals surface area contributed by atoms with Crippen molar-refractivity contribution < 1.29 is 18.8 Å². The van der Waals surface area contributed by atoms with Crippen molar-refractivity contribution in [3.8, 4) is 16.9 Å². The van der Waals surface area contributed by atoms with E-state index < -0.39 is 5.76 Å². The molecule has 3 aromatic heterocycles. The summed E-state index contributed by atoms with van der Waals surface area (Å²) in [5.74, 6) is 0.0235. The number of benzene rings is 1.